The molecule has 1 aliphatic rings. The van der Waals surface area contributed by atoms with Gasteiger partial charge in [-0.2, -0.15) is 0 Å². The lowest BCUT2D eigenvalue weighted by molar-refractivity contribution is 0.174. The molecule has 1 atom stereocenters. The van der Waals surface area contributed by atoms with Crippen LogP contribution < -0.4 is 4.90 Å². The third-order valence-corrected chi connectivity index (χ3v) is 4.33. The van der Waals surface area contributed by atoms with Crippen molar-refractivity contribution in [3.63, 3.8) is 0 Å². The highest BCUT2D eigenvalue weighted by molar-refractivity contribution is 5.70. The first-order valence-corrected chi connectivity index (χ1v) is 7.93. The van der Waals surface area contributed by atoms with E-state index in [0.717, 1.165) is 30.6 Å². The molecule has 1 unspecified atom stereocenters. The van der Waals surface area contributed by atoms with Crippen LogP contribution in [0.1, 0.15) is 43.4 Å². The number of aliphatic hydroxyl groups is 1. The molecule has 0 saturated carbocycles. The standard InChI is InChI=1S/C19H23NO/c1-2-19(21)16-11-4-6-13-18(16)20-14-8-7-10-15-9-3-5-12-17(15)20/h3-6,9,11-13,19,21H,2,7-8,10,14H2,1H3. The zero-order valence-electron chi connectivity index (χ0n) is 12.6. The molecule has 110 valence electrons. The van der Waals surface area contributed by atoms with Crippen molar-refractivity contribution < 1.29 is 5.11 Å². The predicted molar refractivity (Wildman–Crippen MR) is 88.1 cm³/mol. The summed E-state index contributed by atoms with van der Waals surface area (Å²) < 4.78 is 0. The molecule has 0 amide bonds. The third-order valence-electron chi connectivity index (χ3n) is 4.33. The molecule has 0 fully saturated rings. The lowest BCUT2D eigenvalue weighted by Gasteiger charge is -2.28. The Bertz CT molecular complexity index is 608. The van der Waals surface area contributed by atoms with Gasteiger partial charge in [-0.25, -0.2) is 0 Å². The largest absolute Gasteiger partial charge is 0.388 e. The monoisotopic (exact) mass is 281 g/mol. The summed E-state index contributed by atoms with van der Waals surface area (Å²) in [5.41, 5.74) is 4.90. The summed E-state index contributed by atoms with van der Waals surface area (Å²) in [4.78, 5) is 2.39. The van der Waals surface area contributed by atoms with Crippen molar-refractivity contribution in [2.24, 2.45) is 0 Å². The molecule has 0 aliphatic carbocycles. The summed E-state index contributed by atoms with van der Waals surface area (Å²) in [7, 11) is 0. The molecule has 1 aliphatic heterocycles. The van der Waals surface area contributed by atoms with Gasteiger partial charge in [0.15, 0.2) is 0 Å². The number of nitrogens with zero attached hydrogens (tertiary/aromatic N) is 1. The zero-order chi connectivity index (χ0) is 14.7. The Hall–Kier alpha value is -1.80. The second-order valence-corrected chi connectivity index (χ2v) is 5.72. The SMILES string of the molecule is CCC(O)c1ccccc1N1CCCCc2ccccc21. The van der Waals surface area contributed by atoms with Crippen molar-refractivity contribution in [2.45, 2.75) is 38.7 Å². The van der Waals surface area contributed by atoms with Crippen LogP contribution in [0.15, 0.2) is 48.5 Å². The van der Waals surface area contributed by atoms with Crippen LogP contribution in [0, 0.1) is 0 Å². The zero-order valence-corrected chi connectivity index (χ0v) is 12.6. The van der Waals surface area contributed by atoms with Crippen LogP contribution in [0.4, 0.5) is 11.4 Å². The predicted octanol–water partition coefficient (Wildman–Crippen LogP) is 4.60. The van der Waals surface area contributed by atoms with E-state index in [2.05, 4.69) is 47.4 Å². The van der Waals surface area contributed by atoms with Crippen molar-refractivity contribution in [3.05, 3.63) is 59.7 Å². The highest BCUT2D eigenvalue weighted by Gasteiger charge is 2.20. The fourth-order valence-corrected chi connectivity index (χ4v) is 3.18. The van der Waals surface area contributed by atoms with Crippen LogP contribution in [-0.2, 0) is 6.42 Å². The topological polar surface area (TPSA) is 23.5 Å². The maximum atomic E-state index is 10.3. The van der Waals surface area contributed by atoms with Crippen LogP contribution >= 0.6 is 0 Å². The number of fused-ring (bicyclic) bond motifs is 1. The van der Waals surface area contributed by atoms with E-state index in [4.69, 9.17) is 0 Å². The molecule has 0 saturated heterocycles. The first-order chi connectivity index (χ1) is 10.3. The van der Waals surface area contributed by atoms with Crippen molar-refractivity contribution in [2.75, 3.05) is 11.4 Å². The van der Waals surface area contributed by atoms with Crippen molar-refractivity contribution in [3.8, 4) is 0 Å². The van der Waals surface area contributed by atoms with E-state index in [1.165, 1.54) is 24.1 Å². The Kier molecular flexibility index (Phi) is 4.26. The Morgan fingerprint density at radius 1 is 1.00 bits per heavy atom. The molecular weight excluding hydrogens is 258 g/mol. The number of aliphatic hydroxyl groups excluding tert-OH is 1. The highest BCUT2D eigenvalue weighted by Crippen LogP contribution is 2.36. The number of hydrogen-bond donors (Lipinski definition) is 1. The van der Waals surface area contributed by atoms with E-state index in [-0.39, 0.29) is 0 Å². The summed E-state index contributed by atoms with van der Waals surface area (Å²) in [6.45, 7) is 3.04. The summed E-state index contributed by atoms with van der Waals surface area (Å²) >= 11 is 0. The van der Waals surface area contributed by atoms with Gasteiger partial charge >= 0.3 is 0 Å². The molecule has 0 aromatic heterocycles. The molecule has 21 heavy (non-hydrogen) atoms. The normalized spacial score (nSPS) is 16.2. The molecule has 0 spiro atoms. The molecule has 2 aromatic carbocycles. The first-order valence-electron chi connectivity index (χ1n) is 7.93. The molecular formula is C19H23NO. The number of rotatable bonds is 3. The van der Waals surface area contributed by atoms with E-state index < -0.39 is 6.10 Å². The van der Waals surface area contributed by atoms with Gasteiger partial charge in [-0.05, 0) is 43.4 Å². The number of hydrogen-bond acceptors (Lipinski definition) is 2. The van der Waals surface area contributed by atoms with Gasteiger partial charge in [0.2, 0.25) is 0 Å². The van der Waals surface area contributed by atoms with Crippen molar-refractivity contribution in [1.29, 1.82) is 0 Å². The van der Waals surface area contributed by atoms with Gasteiger partial charge in [0.25, 0.3) is 0 Å². The Labute approximate surface area is 127 Å². The third kappa shape index (κ3) is 2.81. The minimum atomic E-state index is -0.392. The Morgan fingerprint density at radius 3 is 2.52 bits per heavy atom. The second-order valence-electron chi connectivity index (χ2n) is 5.72. The summed E-state index contributed by atoms with van der Waals surface area (Å²) in [6, 6.07) is 16.9. The smallest absolute Gasteiger partial charge is 0.0807 e. The van der Waals surface area contributed by atoms with Crippen LogP contribution in [0.5, 0.6) is 0 Å². The van der Waals surface area contributed by atoms with Crippen LogP contribution in [0.3, 0.4) is 0 Å². The van der Waals surface area contributed by atoms with Gasteiger partial charge in [-0.3, -0.25) is 0 Å². The summed E-state index contributed by atoms with van der Waals surface area (Å²) in [6.07, 6.45) is 3.91. The summed E-state index contributed by atoms with van der Waals surface area (Å²) in [5.74, 6) is 0. The van der Waals surface area contributed by atoms with Gasteiger partial charge < -0.3 is 10.0 Å². The molecule has 0 bridgehead atoms. The number of anilines is 2. The van der Waals surface area contributed by atoms with Crippen LogP contribution in [0.2, 0.25) is 0 Å². The molecule has 1 heterocycles. The molecule has 2 heteroatoms. The Morgan fingerprint density at radius 2 is 1.71 bits per heavy atom. The van der Waals surface area contributed by atoms with Gasteiger partial charge in [0.05, 0.1) is 6.10 Å². The minimum Gasteiger partial charge on any atom is -0.388 e. The lowest BCUT2D eigenvalue weighted by Crippen LogP contribution is -2.20. The molecule has 2 nitrogen and oxygen atoms in total. The maximum Gasteiger partial charge on any atom is 0.0807 e. The van der Waals surface area contributed by atoms with E-state index in [1.807, 2.05) is 13.0 Å². The van der Waals surface area contributed by atoms with Crippen molar-refractivity contribution >= 4 is 11.4 Å². The van der Waals surface area contributed by atoms with Crippen LogP contribution in [0.25, 0.3) is 0 Å². The molecule has 0 radical (unpaired) electrons. The number of aryl methyl sites for hydroxylation is 1. The van der Waals surface area contributed by atoms with Gasteiger partial charge in [0.1, 0.15) is 0 Å². The Balaban J connectivity index is 2.08. The molecule has 2 aromatic rings. The minimum absolute atomic E-state index is 0.392. The van der Waals surface area contributed by atoms with Crippen molar-refractivity contribution in [1.82, 2.24) is 0 Å². The van der Waals surface area contributed by atoms with Gasteiger partial charge in [0, 0.05) is 23.5 Å². The van der Waals surface area contributed by atoms with E-state index in [9.17, 15) is 5.11 Å². The molecule has 1 N–H and O–H groups in total. The lowest BCUT2D eigenvalue weighted by atomic mass is 10.0. The fourth-order valence-electron chi connectivity index (χ4n) is 3.18. The average molecular weight is 281 g/mol. The van der Waals surface area contributed by atoms with Gasteiger partial charge in [-0.1, -0.05) is 43.3 Å². The number of benzene rings is 2. The number of para-hydroxylation sites is 2. The quantitative estimate of drug-likeness (QED) is 0.888. The second kappa shape index (κ2) is 6.31. The van der Waals surface area contributed by atoms with E-state index in [1.54, 1.807) is 0 Å². The first kappa shape index (κ1) is 14.2. The molecule has 3 rings (SSSR count). The fraction of sp³-hybridized carbons (Fsp3) is 0.368. The van der Waals surface area contributed by atoms with E-state index >= 15 is 0 Å². The summed E-state index contributed by atoms with van der Waals surface area (Å²) in [5, 5.41) is 10.3. The van der Waals surface area contributed by atoms with E-state index in [0.29, 0.717) is 0 Å². The maximum absolute atomic E-state index is 10.3. The average Bonchev–Trinajstić information content (AvgIpc) is 2.76. The van der Waals surface area contributed by atoms with Crippen LogP contribution in [-0.4, -0.2) is 11.7 Å². The van der Waals surface area contributed by atoms with Gasteiger partial charge in [-0.15, -0.1) is 0 Å². The highest BCUT2D eigenvalue weighted by atomic mass is 16.3.